The Morgan fingerprint density at radius 1 is 0.692 bits per heavy atom. The maximum Gasteiger partial charge on any atom is 0.128 e. The summed E-state index contributed by atoms with van der Waals surface area (Å²) in [5, 5.41) is 20.6. The van der Waals surface area contributed by atoms with E-state index in [0.29, 0.717) is 0 Å². The van der Waals surface area contributed by atoms with Gasteiger partial charge in [0.15, 0.2) is 0 Å². The van der Waals surface area contributed by atoms with Crippen molar-refractivity contribution in [2.24, 2.45) is 0 Å². The van der Waals surface area contributed by atoms with Crippen molar-refractivity contribution in [3.8, 4) is 11.5 Å². The third kappa shape index (κ3) is 5.62. The molecule has 0 saturated carbocycles. The van der Waals surface area contributed by atoms with E-state index in [2.05, 4.69) is 18.2 Å². The average molecular weight is 348 g/mol. The van der Waals surface area contributed by atoms with Crippen LogP contribution in [-0.4, -0.2) is 29.3 Å². The summed E-state index contributed by atoms with van der Waals surface area (Å²) in [6.45, 7) is 6.31. The molecular weight excluding hydrogens is 323 g/mol. The highest BCUT2D eigenvalue weighted by Crippen LogP contribution is 2.25. The lowest BCUT2D eigenvalue weighted by atomic mass is 9.90. The largest absolute Gasteiger partial charge is 0.457 e. The molecule has 0 aliphatic carbocycles. The standard InChI is InChI=1S/C16H11BO.C6H14O2/c17-14-6-9-15(10-7-14)18-16-8-5-12-3-1-2-4-13(12)11-16;1-5(2,7)6(3,4)8/h1-11H;7-8H,1-4H3. The number of hydrogen-bond acceptors (Lipinski definition) is 3. The summed E-state index contributed by atoms with van der Waals surface area (Å²) in [5.74, 6) is 1.62. The zero-order valence-corrected chi connectivity index (χ0v) is 15.7. The van der Waals surface area contributed by atoms with E-state index in [9.17, 15) is 0 Å². The van der Waals surface area contributed by atoms with Gasteiger partial charge in [-0.25, -0.2) is 0 Å². The predicted molar refractivity (Wildman–Crippen MR) is 108 cm³/mol. The zero-order valence-electron chi connectivity index (χ0n) is 15.7. The molecule has 2 radical (unpaired) electrons. The lowest BCUT2D eigenvalue weighted by Crippen LogP contribution is -2.44. The van der Waals surface area contributed by atoms with Crippen LogP contribution in [-0.2, 0) is 0 Å². The third-order valence-corrected chi connectivity index (χ3v) is 4.33. The van der Waals surface area contributed by atoms with Crippen LogP contribution in [0.2, 0.25) is 0 Å². The molecule has 0 unspecified atom stereocenters. The molecule has 3 nitrogen and oxygen atoms in total. The summed E-state index contributed by atoms with van der Waals surface area (Å²) in [7, 11) is 5.64. The highest BCUT2D eigenvalue weighted by molar-refractivity contribution is 6.32. The van der Waals surface area contributed by atoms with E-state index in [1.807, 2.05) is 48.5 Å². The lowest BCUT2D eigenvalue weighted by Gasteiger charge is -2.31. The van der Waals surface area contributed by atoms with Gasteiger partial charge in [-0.15, -0.1) is 0 Å². The molecule has 0 atom stereocenters. The molecule has 3 aromatic rings. The minimum atomic E-state index is -1.01. The Hall–Kier alpha value is -2.30. The molecule has 0 spiro atoms. The molecule has 0 aromatic heterocycles. The first-order chi connectivity index (χ1) is 12.1. The van der Waals surface area contributed by atoms with Gasteiger partial charge in [-0.3, -0.25) is 0 Å². The number of rotatable bonds is 3. The summed E-state index contributed by atoms with van der Waals surface area (Å²) >= 11 is 0. The first-order valence-electron chi connectivity index (χ1n) is 8.53. The molecule has 0 amide bonds. The van der Waals surface area contributed by atoms with Crippen LogP contribution in [0.25, 0.3) is 10.8 Å². The highest BCUT2D eigenvalue weighted by atomic mass is 16.5. The Balaban J connectivity index is 0.000000260. The van der Waals surface area contributed by atoms with Crippen LogP contribution in [0.1, 0.15) is 27.7 Å². The van der Waals surface area contributed by atoms with Crippen LogP contribution in [0.3, 0.4) is 0 Å². The molecule has 26 heavy (non-hydrogen) atoms. The fraction of sp³-hybridized carbons (Fsp3) is 0.273. The van der Waals surface area contributed by atoms with Crippen molar-refractivity contribution in [1.29, 1.82) is 0 Å². The molecular formula is C22H25BO3. The molecule has 2 N–H and O–H groups in total. The molecule has 4 heteroatoms. The summed E-state index contributed by atoms with van der Waals surface area (Å²) < 4.78 is 5.79. The maximum absolute atomic E-state index is 9.10. The Bertz CT molecular complexity index is 832. The molecule has 0 bridgehead atoms. The van der Waals surface area contributed by atoms with E-state index >= 15 is 0 Å². The van der Waals surface area contributed by atoms with Crippen LogP contribution in [0.5, 0.6) is 11.5 Å². The van der Waals surface area contributed by atoms with Gasteiger partial charge in [0.05, 0.1) is 11.2 Å². The predicted octanol–water partition coefficient (Wildman–Crippen LogP) is 3.95. The first kappa shape index (κ1) is 20.0. The minimum absolute atomic E-state index is 0.737. The van der Waals surface area contributed by atoms with Gasteiger partial charge in [-0.1, -0.05) is 47.9 Å². The summed E-state index contributed by atoms with van der Waals surface area (Å²) in [6, 6.07) is 21.7. The Morgan fingerprint density at radius 3 is 1.73 bits per heavy atom. The van der Waals surface area contributed by atoms with Crippen LogP contribution in [0.4, 0.5) is 0 Å². The zero-order chi connectivity index (χ0) is 19.4. The van der Waals surface area contributed by atoms with Crippen molar-refractivity contribution in [3.63, 3.8) is 0 Å². The second-order valence-corrected chi connectivity index (χ2v) is 7.30. The van der Waals surface area contributed by atoms with Gasteiger partial charge < -0.3 is 14.9 Å². The summed E-state index contributed by atoms with van der Waals surface area (Å²) in [6.07, 6.45) is 0. The number of ether oxygens (including phenoxy) is 1. The average Bonchev–Trinajstić information content (AvgIpc) is 2.56. The van der Waals surface area contributed by atoms with Crippen molar-refractivity contribution in [2.45, 2.75) is 38.9 Å². The number of benzene rings is 3. The van der Waals surface area contributed by atoms with Crippen molar-refractivity contribution >= 4 is 24.1 Å². The van der Waals surface area contributed by atoms with Gasteiger partial charge in [0.2, 0.25) is 0 Å². The normalized spacial score (nSPS) is 11.6. The van der Waals surface area contributed by atoms with Crippen molar-refractivity contribution in [2.75, 3.05) is 0 Å². The van der Waals surface area contributed by atoms with Crippen molar-refractivity contribution in [1.82, 2.24) is 0 Å². The van der Waals surface area contributed by atoms with Crippen molar-refractivity contribution < 1.29 is 14.9 Å². The topological polar surface area (TPSA) is 49.7 Å². The molecule has 3 aromatic carbocycles. The van der Waals surface area contributed by atoms with Gasteiger partial charge in [-0.05, 0) is 62.7 Å². The SMILES string of the molecule is CC(C)(O)C(C)(C)O.[B]c1ccc(Oc2ccc3ccccc3c2)cc1. The van der Waals surface area contributed by atoms with E-state index in [4.69, 9.17) is 22.8 Å². The molecule has 0 aliphatic rings. The van der Waals surface area contributed by atoms with Crippen molar-refractivity contribution in [3.05, 3.63) is 66.7 Å². The monoisotopic (exact) mass is 348 g/mol. The number of fused-ring (bicyclic) bond motifs is 1. The quantitative estimate of drug-likeness (QED) is 0.705. The molecule has 0 fully saturated rings. The maximum atomic E-state index is 9.10. The van der Waals surface area contributed by atoms with E-state index in [0.717, 1.165) is 17.0 Å². The second kappa shape index (κ2) is 7.94. The van der Waals surface area contributed by atoms with Gasteiger partial charge in [0.1, 0.15) is 19.3 Å². The van der Waals surface area contributed by atoms with E-state index < -0.39 is 11.2 Å². The third-order valence-electron chi connectivity index (χ3n) is 4.33. The minimum Gasteiger partial charge on any atom is -0.457 e. The molecule has 0 saturated heterocycles. The number of aliphatic hydroxyl groups is 2. The second-order valence-electron chi connectivity index (χ2n) is 7.30. The van der Waals surface area contributed by atoms with Crippen LogP contribution < -0.4 is 10.2 Å². The Morgan fingerprint density at radius 2 is 1.19 bits per heavy atom. The fourth-order valence-electron chi connectivity index (χ4n) is 1.90. The van der Waals surface area contributed by atoms with Crippen LogP contribution in [0.15, 0.2) is 66.7 Å². The summed E-state index contributed by atoms with van der Waals surface area (Å²) in [5.41, 5.74) is -1.28. The lowest BCUT2D eigenvalue weighted by molar-refractivity contribution is -0.107. The van der Waals surface area contributed by atoms with Gasteiger partial charge in [-0.2, -0.15) is 0 Å². The van der Waals surface area contributed by atoms with E-state index in [1.165, 1.54) is 10.8 Å². The van der Waals surface area contributed by atoms with Gasteiger partial charge in [0, 0.05) is 0 Å². The first-order valence-corrected chi connectivity index (χ1v) is 8.53. The number of hydrogen-bond donors (Lipinski definition) is 2. The van der Waals surface area contributed by atoms with Crippen LogP contribution in [0, 0.1) is 0 Å². The van der Waals surface area contributed by atoms with E-state index in [1.54, 1.807) is 27.7 Å². The Kier molecular flexibility index (Phi) is 6.11. The molecule has 0 heterocycles. The van der Waals surface area contributed by atoms with E-state index in [-0.39, 0.29) is 0 Å². The fourth-order valence-corrected chi connectivity index (χ4v) is 1.90. The Labute approximate surface area is 156 Å². The smallest absolute Gasteiger partial charge is 0.128 e. The highest BCUT2D eigenvalue weighted by Gasteiger charge is 2.31. The van der Waals surface area contributed by atoms with Crippen LogP contribution >= 0.6 is 0 Å². The van der Waals surface area contributed by atoms with Gasteiger partial charge >= 0.3 is 0 Å². The molecule has 134 valence electrons. The molecule has 3 rings (SSSR count). The summed E-state index contributed by atoms with van der Waals surface area (Å²) in [4.78, 5) is 0. The molecule has 0 aliphatic heterocycles. The van der Waals surface area contributed by atoms with Gasteiger partial charge in [0.25, 0.3) is 0 Å².